The highest BCUT2D eigenvalue weighted by atomic mass is 19.4. The lowest BCUT2D eigenvalue weighted by Gasteiger charge is -2.14. The minimum absolute atomic E-state index is 0.153. The van der Waals surface area contributed by atoms with Gasteiger partial charge in [0.15, 0.2) is 0 Å². The van der Waals surface area contributed by atoms with Gasteiger partial charge < -0.3 is 17.7 Å². The second-order valence-corrected chi connectivity index (χ2v) is 4.59. The summed E-state index contributed by atoms with van der Waals surface area (Å²) < 4.78 is 42.4. The van der Waals surface area contributed by atoms with Gasteiger partial charge in [0.05, 0.1) is 25.0 Å². The predicted octanol–water partition coefficient (Wildman–Crippen LogP) is 2.54. The molecule has 0 aliphatic rings. The molecule has 0 aliphatic carbocycles. The Kier molecular flexibility index (Phi) is 4.44. The fourth-order valence-electron chi connectivity index (χ4n) is 1.69. The first-order valence-corrected chi connectivity index (χ1v) is 6.16. The van der Waals surface area contributed by atoms with Crippen LogP contribution in [0.2, 0.25) is 0 Å². The van der Waals surface area contributed by atoms with Gasteiger partial charge in [-0.25, -0.2) is 4.68 Å². The van der Waals surface area contributed by atoms with Crippen molar-refractivity contribution in [3.05, 3.63) is 47.3 Å². The average molecular weight is 284 g/mol. The lowest BCUT2D eigenvalue weighted by atomic mass is 9.95. The summed E-state index contributed by atoms with van der Waals surface area (Å²) in [4.78, 5) is 0. The molecule has 0 unspecified atom stereocenters. The third-order valence-corrected chi connectivity index (χ3v) is 2.71. The third-order valence-electron chi connectivity index (χ3n) is 2.71. The van der Waals surface area contributed by atoms with Crippen molar-refractivity contribution in [3.63, 3.8) is 0 Å². The molecule has 0 amide bonds. The molecule has 20 heavy (non-hydrogen) atoms. The molecule has 0 atom stereocenters. The highest BCUT2D eigenvalue weighted by Crippen LogP contribution is 2.11. The van der Waals surface area contributed by atoms with Crippen LogP contribution in [0.25, 0.3) is 0 Å². The molecule has 2 rings (SSSR count). The molecule has 1 aromatic heterocycles. The summed E-state index contributed by atoms with van der Waals surface area (Å²) in [5, 5.41) is 7.57. The van der Waals surface area contributed by atoms with E-state index in [9.17, 15) is 12.9 Å². The molecular weight excluding hydrogens is 270 g/mol. The summed E-state index contributed by atoms with van der Waals surface area (Å²) in [6, 6.07) is 7.82. The topological polar surface area (TPSA) is 39.9 Å². The zero-order valence-corrected chi connectivity index (χ0v) is 11.0. The molecule has 2 aromatic rings. The van der Waals surface area contributed by atoms with Crippen LogP contribution in [0.5, 0.6) is 0 Å². The molecule has 0 saturated heterocycles. The van der Waals surface area contributed by atoms with Crippen molar-refractivity contribution < 1.29 is 17.7 Å². The predicted molar refractivity (Wildman–Crippen MR) is 69.0 cm³/mol. The van der Waals surface area contributed by atoms with E-state index < -0.39 is 13.5 Å². The smallest absolute Gasteiger partial charge is 0.447 e. The van der Waals surface area contributed by atoms with Crippen molar-refractivity contribution in [1.29, 1.82) is 0 Å². The molecule has 1 heterocycles. The lowest BCUT2D eigenvalue weighted by molar-refractivity contribution is 0.132. The van der Waals surface area contributed by atoms with Crippen LogP contribution < -0.4 is 0 Å². The van der Waals surface area contributed by atoms with Crippen molar-refractivity contribution >= 4 is 6.98 Å². The van der Waals surface area contributed by atoms with Crippen molar-refractivity contribution in [1.82, 2.24) is 15.0 Å². The minimum Gasteiger partial charge on any atom is -0.447 e. The normalized spacial score (nSPS) is 11.8. The van der Waals surface area contributed by atoms with E-state index in [-0.39, 0.29) is 6.61 Å². The lowest BCUT2D eigenvalue weighted by Crippen LogP contribution is -2.24. The number of hydrogen-bond donors (Lipinski definition) is 0. The Morgan fingerprint density at radius 3 is 2.55 bits per heavy atom. The van der Waals surface area contributed by atoms with Crippen LogP contribution in [0.3, 0.4) is 0 Å². The highest BCUT2D eigenvalue weighted by molar-refractivity contribution is 6.58. The Morgan fingerprint density at radius 1 is 1.20 bits per heavy atom. The molecule has 0 N–H and O–H groups in total. The van der Waals surface area contributed by atoms with E-state index in [0.29, 0.717) is 12.2 Å². The van der Waals surface area contributed by atoms with Gasteiger partial charge >= 0.3 is 6.98 Å². The Labute approximate surface area is 114 Å². The quantitative estimate of drug-likeness (QED) is 0.765. The maximum absolute atomic E-state index is 12.1. The van der Waals surface area contributed by atoms with Crippen LogP contribution in [-0.4, -0.2) is 28.5 Å². The first-order chi connectivity index (χ1) is 9.44. The Morgan fingerprint density at radius 2 is 1.90 bits per heavy atom. The van der Waals surface area contributed by atoms with E-state index in [2.05, 4.69) is 15.0 Å². The molecule has 0 saturated carbocycles. The fraction of sp³-hybridized carbons (Fsp3) is 0.333. The van der Waals surface area contributed by atoms with E-state index in [1.165, 1.54) is 10.9 Å². The fourth-order valence-corrected chi connectivity index (χ4v) is 1.69. The summed E-state index contributed by atoms with van der Waals surface area (Å²) in [5.74, 6) is 0. The summed E-state index contributed by atoms with van der Waals surface area (Å²) in [7, 11) is 0. The van der Waals surface area contributed by atoms with E-state index in [1.807, 2.05) is 31.2 Å². The highest BCUT2D eigenvalue weighted by Gasteiger charge is 2.23. The standard InChI is InChI=1S/C12H14BF3N3O/c1-10-2-4-11(5-3-10)7-19-12(6-17-18-19)8-20-9-13(14,15)16/h2-6H,7-9H2,1H3/q-1. The van der Waals surface area contributed by atoms with Crippen LogP contribution >= 0.6 is 0 Å². The van der Waals surface area contributed by atoms with E-state index in [0.717, 1.165) is 11.1 Å². The largest absolute Gasteiger partial charge is 0.503 e. The first kappa shape index (κ1) is 14.6. The number of nitrogens with zero attached hydrogens (tertiary/aromatic N) is 3. The maximum Gasteiger partial charge on any atom is 0.503 e. The van der Waals surface area contributed by atoms with Crippen LogP contribution in [0.15, 0.2) is 30.5 Å². The number of aromatic nitrogens is 3. The molecule has 0 radical (unpaired) electrons. The van der Waals surface area contributed by atoms with E-state index in [4.69, 9.17) is 0 Å². The van der Waals surface area contributed by atoms with Crippen LogP contribution in [-0.2, 0) is 17.9 Å². The van der Waals surface area contributed by atoms with Gasteiger partial charge in [-0.3, -0.25) is 0 Å². The number of aryl methyl sites for hydroxylation is 1. The van der Waals surface area contributed by atoms with Gasteiger partial charge in [-0.15, -0.1) is 5.10 Å². The SMILES string of the molecule is Cc1ccc(Cn2nncc2COC[B-](F)(F)F)cc1. The minimum atomic E-state index is -4.93. The van der Waals surface area contributed by atoms with E-state index in [1.54, 1.807) is 0 Å². The number of ether oxygens (including phenoxy) is 1. The van der Waals surface area contributed by atoms with Crippen LogP contribution in [0, 0.1) is 6.92 Å². The van der Waals surface area contributed by atoms with Crippen molar-refractivity contribution in [3.8, 4) is 0 Å². The second-order valence-electron chi connectivity index (χ2n) is 4.59. The molecule has 1 aromatic carbocycles. The van der Waals surface area contributed by atoms with Crippen molar-refractivity contribution in [2.45, 2.75) is 20.1 Å². The molecule has 0 fully saturated rings. The Hall–Kier alpha value is -1.83. The Bertz CT molecular complexity index is 554. The monoisotopic (exact) mass is 284 g/mol. The van der Waals surface area contributed by atoms with E-state index >= 15 is 0 Å². The molecule has 4 nitrogen and oxygen atoms in total. The molecular formula is C12H14BF3N3O-. The van der Waals surface area contributed by atoms with Gasteiger partial charge in [0, 0.05) is 6.51 Å². The summed E-state index contributed by atoms with van der Waals surface area (Å²) in [6.07, 6.45) is 1.41. The summed E-state index contributed by atoms with van der Waals surface area (Å²) in [5.41, 5.74) is 2.66. The third kappa shape index (κ3) is 4.38. The number of halogens is 3. The molecule has 8 heteroatoms. The van der Waals surface area contributed by atoms with Gasteiger partial charge in [0.1, 0.15) is 0 Å². The Balaban J connectivity index is 1.96. The molecule has 0 bridgehead atoms. The van der Waals surface area contributed by atoms with Crippen molar-refractivity contribution in [2.24, 2.45) is 0 Å². The number of benzene rings is 1. The summed E-state index contributed by atoms with van der Waals surface area (Å²) >= 11 is 0. The molecule has 0 aliphatic heterocycles. The number of hydrogen-bond acceptors (Lipinski definition) is 3. The van der Waals surface area contributed by atoms with Gasteiger partial charge in [0.25, 0.3) is 0 Å². The summed E-state index contributed by atoms with van der Waals surface area (Å²) in [6.45, 7) is -3.85. The van der Waals surface area contributed by atoms with Gasteiger partial charge in [-0.1, -0.05) is 35.0 Å². The maximum atomic E-state index is 12.1. The molecule has 108 valence electrons. The zero-order valence-electron chi connectivity index (χ0n) is 11.0. The van der Waals surface area contributed by atoms with Crippen LogP contribution in [0.1, 0.15) is 16.8 Å². The number of rotatable bonds is 6. The van der Waals surface area contributed by atoms with Crippen molar-refractivity contribution in [2.75, 3.05) is 6.51 Å². The van der Waals surface area contributed by atoms with Gasteiger partial charge in [0.2, 0.25) is 0 Å². The first-order valence-electron chi connectivity index (χ1n) is 6.16. The van der Waals surface area contributed by atoms with Gasteiger partial charge in [-0.05, 0) is 12.5 Å². The van der Waals surface area contributed by atoms with Crippen LogP contribution in [0.4, 0.5) is 12.9 Å². The zero-order chi connectivity index (χ0) is 14.6. The van der Waals surface area contributed by atoms with Gasteiger partial charge in [-0.2, -0.15) is 0 Å². The molecule has 0 spiro atoms. The second kappa shape index (κ2) is 6.08. The average Bonchev–Trinajstić information content (AvgIpc) is 2.78.